The summed E-state index contributed by atoms with van der Waals surface area (Å²) in [4.78, 5) is 56.0. The van der Waals surface area contributed by atoms with Gasteiger partial charge in [-0.05, 0) is 71.3 Å². The molecule has 3 aromatic carbocycles. The Balaban J connectivity index is 0.845. The summed E-state index contributed by atoms with van der Waals surface area (Å²) in [5.41, 5.74) is 6.85. The molecule has 2 amide bonds. The van der Waals surface area contributed by atoms with E-state index in [1.165, 1.54) is 0 Å². The number of ether oxygens (including phenoxy) is 3. The van der Waals surface area contributed by atoms with Crippen LogP contribution in [0.3, 0.4) is 0 Å². The predicted molar refractivity (Wildman–Crippen MR) is 200 cm³/mol. The molecule has 5 aromatic rings. The van der Waals surface area contributed by atoms with Gasteiger partial charge >= 0.3 is 12.1 Å². The first-order valence-corrected chi connectivity index (χ1v) is 18.3. The van der Waals surface area contributed by atoms with Crippen molar-refractivity contribution in [1.29, 1.82) is 0 Å². The molecule has 0 saturated carbocycles. The fraction of sp³-hybridized carbons (Fsp3) is 0.310. The van der Waals surface area contributed by atoms with Crippen molar-refractivity contribution in [3.05, 3.63) is 117 Å². The Labute approximate surface area is 311 Å². The first kappa shape index (κ1) is 35.0. The number of aliphatic hydroxyl groups is 1. The van der Waals surface area contributed by atoms with Crippen LogP contribution >= 0.6 is 0 Å². The summed E-state index contributed by atoms with van der Waals surface area (Å²) in [6, 6.07) is 23.6. The Kier molecular flexibility index (Phi) is 9.14. The van der Waals surface area contributed by atoms with Crippen molar-refractivity contribution in [3.63, 3.8) is 0 Å². The van der Waals surface area contributed by atoms with Crippen LogP contribution in [0, 0.1) is 0 Å². The highest BCUT2D eigenvalue weighted by Gasteiger charge is 2.45. The fourth-order valence-electron chi connectivity index (χ4n) is 7.99. The van der Waals surface area contributed by atoms with Gasteiger partial charge < -0.3 is 34.5 Å². The number of carbonyl (C=O) groups is 3. The van der Waals surface area contributed by atoms with Gasteiger partial charge in [0.25, 0.3) is 5.56 Å². The lowest BCUT2D eigenvalue weighted by molar-refractivity contribution is -0.172. The van der Waals surface area contributed by atoms with Crippen molar-refractivity contribution in [2.45, 2.75) is 57.8 Å². The fourth-order valence-corrected chi connectivity index (χ4v) is 7.99. The number of carbonyl (C=O) groups excluding carboxylic acids is 3. The zero-order valence-corrected chi connectivity index (χ0v) is 30.1. The molecule has 54 heavy (non-hydrogen) atoms. The Bertz CT molecular complexity index is 2360. The highest BCUT2D eigenvalue weighted by atomic mass is 16.6. The number of nitrogens with zero attached hydrogens (tertiary/aromatic N) is 2. The molecular weight excluding hydrogens is 688 g/mol. The number of aromatic nitrogens is 2. The smallest absolute Gasteiger partial charge is 0.407 e. The number of cyclic esters (lactones) is 1. The molecule has 276 valence electrons. The monoisotopic (exact) mass is 728 g/mol. The first-order valence-electron chi connectivity index (χ1n) is 18.3. The summed E-state index contributed by atoms with van der Waals surface area (Å²) >= 11 is 0. The van der Waals surface area contributed by atoms with Crippen LogP contribution in [-0.4, -0.2) is 58.9 Å². The van der Waals surface area contributed by atoms with Crippen molar-refractivity contribution in [2.75, 3.05) is 26.3 Å². The van der Waals surface area contributed by atoms with E-state index < -0.39 is 17.7 Å². The number of rotatable bonds is 11. The first-order chi connectivity index (χ1) is 26.2. The quantitative estimate of drug-likeness (QED) is 0.122. The third-order valence-electron chi connectivity index (χ3n) is 10.8. The molecule has 0 saturated heterocycles. The van der Waals surface area contributed by atoms with Gasteiger partial charge in [0.15, 0.2) is 5.60 Å². The molecule has 0 fully saturated rings. The lowest BCUT2D eigenvalue weighted by Gasteiger charge is -2.31. The van der Waals surface area contributed by atoms with Gasteiger partial charge in [-0.25, -0.2) is 14.6 Å². The molecule has 3 N–H and O–H groups in total. The minimum Gasteiger partial charge on any atom is -0.494 e. The van der Waals surface area contributed by atoms with Gasteiger partial charge in [0.2, 0.25) is 5.91 Å². The second kappa shape index (κ2) is 14.1. The number of hydrogen-bond acceptors (Lipinski definition) is 9. The summed E-state index contributed by atoms with van der Waals surface area (Å²) in [7, 11) is 0. The number of nitrogens with one attached hydrogen (secondary N) is 2. The standard InChI is InChI=1S/C42H40N4O8/c1-3-25-30-18-24(14-15-35(30)45-38-31(25)21-46-36(38)19-34-33(39(46)48)23-53-40(49)42(34,51)4-2)52-17-9-16-43-37(47)20-44-41(50)54-22-32-28-12-7-5-10-26(28)27-11-6-8-13-29(27)32/h5-8,10-15,18-19,32,51H,3-4,9,16-17,20-23H2,1-2H3,(H,43,47)(H,44,50)/t42-/m0/s1. The van der Waals surface area contributed by atoms with E-state index in [-0.39, 0.29) is 54.7 Å². The zero-order chi connectivity index (χ0) is 37.6. The van der Waals surface area contributed by atoms with Crippen LogP contribution in [0.25, 0.3) is 33.4 Å². The van der Waals surface area contributed by atoms with Crippen molar-refractivity contribution < 1.29 is 33.7 Å². The van der Waals surface area contributed by atoms with E-state index >= 15 is 0 Å². The second-order valence-corrected chi connectivity index (χ2v) is 13.8. The number of fused-ring (bicyclic) bond motifs is 8. The lowest BCUT2D eigenvalue weighted by atomic mass is 9.86. The number of aryl methyl sites for hydroxylation is 1. The minimum atomic E-state index is -1.88. The van der Waals surface area contributed by atoms with E-state index in [4.69, 9.17) is 19.2 Å². The topological polar surface area (TPSA) is 158 Å². The number of esters is 1. The molecule has 12 heteroatoms. The molecule has 0 spiro atoms. The van der Waals surface area contributed by atoms with Crippen molar-refractivity contribution in [2.24, 2.45) is 0 Å². The Morgan fingerprint density at radius 3 is 2.44 bits per heavy atom. The van der Waals surface area contributed by atoms with Gasteiger partial charge in [-0.3, -0.25) is 9.59 Å². The number of amides is 2. The van der Waals surface area contributed by atoms with Gasteiger partial charge in [-0.1, -0.05) is 62.4 Å². The average molecular weight is 729 g/mol. The normalized spacial score (nSPS) is 16.5. The van der Waals surface area contributed by atoms with Gasteiger partial charge in [0, 0.05) is 29.0 Å². The van der Waals surface area contributed by atoms with E-state index in [1.54, 1.807) is 17.6 Å². The third-order valence-corrected chi connectivity index (χ3v) is 10.8. The number of alkyl carbamates (subject to hydrolysis) is 1. The summed E-state index contributed by atoms with van der Waals surface area (Å²) in [5.74, 6) is -0.498. The van der Waals surface area contributed by atoms with Crippen LogP contribution in [0.4, 0.5) is 4.79 Å². The molecule has 2 aromatic heterocycles. The Hall–Kier alpha value is -6.01. The van der Waals surface area contributed by atoms with Gasteiger partial charge in [-0.2, -0.15) is 0 Å². The summed E-state index contributed by atoms with van der Waals surface area (Å²) < 4.78 is 18.4. The number of benzene rings is 3. The van der Waals surface area contributed by atoms with E-state index in [1.807, 2.05) is 49.4 Å². The van der Waals surface area contributed by atoms with Crippen LogP contribution < -0.4 is 20.9 Å². The van der Waals surface area contributed by atoms with E-state index in [0.29, 0.717) is 49.7 Å². The van der Waals surface area contributed by atoms with Crippen molar-refractivity contribution in [3.8, 4) is 28.3 Å². The minimum absolute atomic E-state index is 0.0621. The Morgan fingerprint density at radius 2 is 1.72 bits per heavy atom. The largest absolute Gasteiger partial charge is 0.494 e. The SMILES string of the molecule is CCc1c2c(nc3ccc(OCCCNC(=O)CNC(=O)OCC4c5ccccc5-c5ccccc54)cc13)-c1cc3c(c(=O)n1C2)COC(=O)[C@]3(O)CC. The molecule has 0 radical (unpaired) electrons. The Morgan fingerprint density at radius 1 is 0.981 bits per heavy atom. The molecule has 3 aliphatic rings. The molecule has 12 nitrogen and oxygen atoms in total. The van der Waals surface area contributed by atoms with Crippen LogP contribution in [-0.2, 0) is 44.2 Å². The van der Waals surface area contributed by atoms with Crippen molar-refractivity contribution in [1.82, 2.24) is 20.2 Å². The van der Waals surface area contributed by atoms with Crippen LogP contribution in [0.2, 0.25) is 0 Å². The third kappa shape index (κ3) is 5.96. The molecule has 1 atom stereocenters. The number of pyridine rings is 2. The van der Waals surface area contributed by atoms with Gasteiger partial charge in [0.05, 0.1) is 42.2 Å². The molecule has 8 rings (SSSR count). The van der Waals surface area contributed by atoms with E-state index in [0.717, 1.165) is 44.3 Å². The highest BCUT2D eigenvalue weighted by molar-refractivity contribution is 5.90. The molecule has 0 bridgehead atoms. The van der Waals surface area contributed by atoms with Gasteiger partial charge in [0.1, 0.15) is 19.0 Å². The summed E-state index contributed by atoms with van der Waals surface area (Å²) in [6.07, 6.45) is 0.652. The molecule has 2 aliphatic heterocycles. The van der Waals surface area contributed by atoms with E-state index in [2.05, 4.69) is 34.9 Å². The molecule has 0 unspecified atom stereocenters. The maximum absolute atomic E-state index is 13.6. The van der Waals surface area contributed by atoms with Crippen LogP contribution in [0.5, 0.6) is 5.75 Å². The zero-order valence-electron chi connectivity index (χ0n) is 30.1. The highest BCUT2D eigenvalue weighted by Crippen LogP contribution is 2.45. The summed E-state index contributed by atoms with van der Waals surface area (Å²) in [6.45, 7) is 4.54. The second-order valence-electron chi connectivity index (χ2n) is 13.8. The molecular formula is C42H40N4O8. The van der Waals surface area contributed by atoms with E-state index in [9.17, 15) is 24.3 Å². The van der Waals surface area contributed by atoms with Crippen molar-refractivity contribution >= 4 is 28.9 Å². The number of hydrogen-bond donors (Lipinski definition) is 3. The molecule has 1 aliphatic carbocycles. The maximum Gasteiger partial charge on any atom is 0.407 e. The predicted octanol–water partition coefficient (Wildman–Crippen LogP) is 5.07. The van der Waals surface area contributed by atoms with Gasteiger partial charge in [-0.15, -0.1) is 0 Å². The molecule has 4 heterocycles. The van der Waals surface area contributed by atoms with Crippen LogP contribution in [0.1, 0.15) is 66.0 Å². The maximum atomic E-state index is 13.6. The lowest BCUT2D eigenvalue weighted by Crippen LogP contribution is -2.44. The average Bonchev–Trinajstić information content (AvgIpc) is 3.72. The summed E-state index contributed by atoms with van der Waals surface area (Å²) in [5, 5.41) is 17.4. The van der Waals surface area contributed by atoms with Crippen LogP contribution in [0.15, 0.2) is 77.6 Å².